The van der Waals surface area contributed by atoms with Crippen LogP contribution >= 0.6 is 0 Å². The lowest BCUT2D eigenvalue weighted by molar-refractivity contribution is 0.294. The lowest BCUT2D eigenvalue weighted by Gasteiger charge is -2.22. The van der Waals surface area contributed by atoms with E-state index in [0.717, 1.165) is 18.7 Å². The molecule has 2 rings (SSSR count). The number of rotatable bonds is 3. The molecule has 17 heavy (non-hydrogen) atoms. The Labute approximate surface area is 103 Å². The number of likely N-dealkylation sites (tertiary alicyclic amines) is 1. The Balaban J connectivity index is 2.17. The second-order valence-electron chi connectivity index (χ2n) is 4.76. The summed E-state index contributed by atoms with van der Waals surface area (Å²) in [6.45, 7) is 2.10. The molecule has 0 bridgehead atoms. The summed E-state index contributed by atoms with van der Waals surface area (Å²) in [6.07, 6.45) is 2.43. The summed E-state index contributed by atoms with van der Waals surface area (Å²) in [5.41, 5.74) is 2.28. The van der Waals surface area contributed by atoms with Gasteiger partial charge >= 0.3 is 0 Å². The van der Waals surface area contributed by atoms with Crippen LogP contribution < -0.4 is 4.90 Å². The highest BCUT2D eigenvalue weighted by Crippen LogP contribution is 2.25. The summed E-state index contributed by atoms with van der Waals surface area (Å²) in [6, 6.07) is 10.6. The molecule has 0 radical (unpaired) electrons. The summed E-state index contributed by atoms with van der Waals surface area (Å²) < 4.78 is 0. The first-order valence-corrected chi connectivity index (χ1v) is 6.13. The fraction of sp³-hybridized carbons (Fsp3) is 0.500. The Morgan fingerprint density at radius 3 is 2.24 bits per heavy atom. The maximum atomic E-state index is 9.32. The molecule has 0 saturated carbocycles. The van der Waals surface area contributed by atoms with E-state index in [1.807, 2.05) is 14.1 Å². The molecule has 3 heteroatoms. The average molecular weight is 229 g/mol. The third-order valence-corrected chi connectivity index (χ3v) is 3.35. The van der Waals surface area contributed by atoms with Crippen LogP contribution in [0.5, 0.6) is 0 Å². The molecule has 3 nitrogen and oxygen atoms in total. The number of anilines is 1. The van der Waals surface area contributed by atoms with Gasteiger partial charge in [0.05, 0.1) is 6.07 Å². The lowest BCUT2D eigenvalue weighted by Crippen LogP contribution is -2.24. The summed E-state index contributed by atoms with van der Waals surface area (Å²) in [5, 5.41) is 9.32. The number of nitriles is 1. The number of hydrogen-bond donors (Lipinski definition) is 0. The van der Waals surface area contributed by atoms with Crippen LogP contribution in [0.3, 0.4) is 0 Å². The average Bonchev–Trinajstić information content (AvgIpc) is 2.84. The van der Waals surface area contributed by atoms with Crippen LogP contribution in [0, 0.1) is 11.3 Å². The van der Waals surface area contributed by atoms with Gasteiger partial charge < -0.3 is 4.90 Å². The van der Waals surface area contributed by atoms with Crippen molar-refractivity contribution in [2.24, 2.45) is 0 Å². The third kappa shape index (κ3) is 2.59. The molecule has 1 aromatic carbocycles. The zero-order valence-electron chi connectivity index (χ0n) is 10.6. The van der Waals surface area contributed by atoms with Crippen molar-refractivity contribution >= 4 is 5.69 Å². The van der Waals surface area contributed by atoms with Crippen LogP contribution in [0.2, 0.25) is 0 Å². The van der Waals surface area contributed by atoms with Crippen molar-refractivity contribution in [2.75, 3.05) is 32.1 Å². The Morgan fingerprint density at radius 1 is 1.18 bits per heavy atom. The molecule has 0 aliphatic carbocycles. The molecule has 90 valence electrons. The molecule has 0 amide bonds. The smallest absolute Gasteiger partial charge is 0.123 e. The van der Waals surface area contributed by atoms with Gasteiger partial charge in [0.25, 0.3) is 0 Å². The van der Waals surface area contributed by atoms with E-state index in [9.17, 15) is 5.26 Å². The van der Waals surface area contributed by atoms with E-state index in [-0.39, 0.29) is 6.04 Å². The molecular weight excluding hydrogens is 210 g/mol. The molecule has 0 spiro atoms. The van der Waals surface area contributed by atoms with E-state index in [0.29, 0.717) is 0 Å². The zero-order chi connectivity index (χ0) is 12.3. The van der Waals surface area contributed by atoms with Crippen LogP contribution in [-0.2, 0) is 0 Å². The topological polar surface area (TPSA) is 30.3 Å². The van der Waals surface area contributed by atoms with Crippen LogP contribution in [0.15, 0.2) is 24.3 Å². The van der Waals surface area contributed by atoms with Crippen LogP contribution in [0.25, 0.3) is 0 Å². The van der Waals surface area contributed by atoms with Crippen molar-refractivity contribution in [1.82, 2.24) is 4.90 Å². The van der Waals surface area contributed by atoms with E-state index in [2.05, 4.69) is 40.1 Å². The van der Waals surface area contributed by atoms with Crippen molar-refractivity contribution < 1.29 is 0 Å². The van der Waals surface area contributed by atoms with Gasteiger partial charge in [0.15, 0.2) is 0 Å². The summed E-state index contributed by atoms with van der Waals surface area (Å²) in [5.74, 6) is 0. The lowest BCUT2D eigenvalue weighted by atomic mass is 10.1. The van der Waals surface area contributed by atoms with E-state index < -0.39 is 0 Å². The largest absolute Gasteiger partial charge is 0.378 e. The standard InChI is InChI=1S/C14H19N3/c1-16(2)13-7-5-12(6-8-13)14(11-15)17-9-3-4-10-17/h5-8,14H,3-4,9-10H2,1-2H3. The van der Waals surface area contributed by atoms with Gasteiger partial charge in [-0.05, 0) is 43.6 Å². The molecule has 1 heterocycles. The molecule has 1 aliphatic rings. The highest BCUT2D eigenvalue weighted by atomic mass is 15.2. The molecule has 0 aromatic heterocycles. The summed E-state index contributed by atoms with van der Waals surface area (Å²) >= 11 is 0. The minimum Gasteiger partial charge on any atom is -0.378 e. The van der Waals surface area contributed by atoms with Gasteiger partial charge in [0.2, 0.25) is 0 Å². The van der Waals surface area contributed by atoms with Crippen LogP contribution in [-0.4, -0.2) is 32.1 Å². The Morgan fingerprint density at radius 2 is 1.76 bits per heavy atom. The summed E-state index contributed by atoms with van der Waals surface area (Å²) in [7, 11) is 4.05. The van der Waals surface area contributed by atoms with E-state index in [1.54, 1.807) is 0 Å². The number of nitrogens with zero attached hydrogens (tertiary/aromatic N) is 3. The van der Waals surface area contributed by atoms with Gasteiger partial charge in [0.1, 0.15) is 6.04 Å². The molecule has 1 aromatic rings. The first-order valence-electron chi connectivity index (χ1n) is 6.13. The predicted octanol–water partition coefficient (Wildman–Crippen LogP) is 2.41. The van der Waals surface area contributed by atoms with Gasteiger partial charge in [0, 0.05) is 19.8 Å². The first kappa shape index (κ1) is 11.9. The van der Waals surface area contributed by atoms with Gasteiger partial charge in [-0.2, -0.15) is 5.26 Å². The normalized spacial score (nSPS) is 17.7. The Bertz CT molecular complexity index is 396. The molecule has 1 unspecified atom stereocenters. The fourth-order valence-electron chi connectivity index (χ4n) is 2.32. The van der Waals surface area contributed by atoms with Gasteiger partial charge in [-0.25, -0.2) is 0 Å². The van der Waals surface area contributed by atoms with E-state index in [4.69, 9.17) is 0 Å². The van der Waals surface area contributed by atoms with Crippen LogP contribution in [0.1, 0.15) is 24.4 Å². The highest BCUT2D eigenvalue weighted by molar-refractivity contribution is 5.47. The predicted molar refractivity (Wildman–Crippen MR) is 69.9 cm³/mol. The summed E-state index contributed by atoms with van der Waals surface area (Å²) in [4.78, 5) is 4.34. The van der Waals surface area contributed by atoms with Gasteiger partial charge in [-0.3, -0.25) is 4.90 Å². The van der Waals surface area contributed by atoms with Crippen LogP contribution in [0.4, 0.5) is 5.69 Å². The Hall–Kier alpha value is -1.53. The van der Waals surface area contributed by atoms with Crippen molar-refractivity contribution in [3.05, 3.63) is 29.8 Å². The molecular formula is C14H19N3. The quantitative estimate of drug-likeness (QED) is 0.797. The SMILES string of the molecule is CN(C)c1ccc(C(C#N)N2CCCC2)cc1. The number of benzene rings is 1. The second-order valence-corrected chi connectivity index (χ2v) is 4.76. The van der Waals surface area contributed by atoms with Gasteiger partial charge in [-0.1, -0.05) is 12.1 Å². The monoisotopic (exact) mass is 229 g/mol. The molecule has 0 N–H and O–H groups in total. The van der Waals surface area contributed by atoms with Crippen molar-refractivity contribution in [3.8, 4) is 6.07 Å². The Kier molecular flexibility index (Phi) is 3.65. The molecule has 1 saturated heterocycles. The molecule has 1 aliphatic heterocycles. The maximum Gasteiger partial charge on any atom is 0.123 e. The number of hydrogen-bond acceptors (Lipinski definition) is 3. The zero-order valence-corrected chi connectivity index (χ0v) is 10.6. The fourth-order valence-corrected chi connectivity index (χ4v) is 2.32. The van der Waals surface area contributed by atoms with Crippen molar-refractivity contribution in [2.45, 2.75) is 18.9 Å². The van der Waals surface area contributed by atoms with E-state index >= 15 is 0 Å². The molecule has 1 fully saturated rings. The second kappa shape index (κ2) is 5.20. The first-order chi connectivity index (χ1) is 8.22. The van der Waals surface area contributed by atoms with Crippen molar-refractivity contribution in [1.29, 1.82) is 5.26 Å². The van der Waals surface area contributed by atoms with Gasteiger partial charge in [-0.15, -0.1) is 0 Å². The third-order valence-electron chi connectivity index (χ3n) is 3.35. The highest BCUT2D eigenvalue weighted by Gasteiger charge is 2.22. The van der Waals surface area contributed by atoms with Crippen molar-refractivity contribution in [3.63, 3.8) is 0 Å². The van der Waals surface area contributed by atoms with E-state index in [1.165, 1.54) is 18.5 Å². The minimum absolute atomic E-state index is 0.0753. The maximum absolute atomic E-state index is 9.32. The minimum atomic E-state index is -0.0753. The molecule has 1 atom stereocenters.